The molecule has 1 aromatic heterocycles. The first-order valence-electron chi connectivity index (χ1n) is 6.32. The molecule has 0 aliphatic carbocycles. The predicted molar refractivity (Wildman–Crippen MR) is 77.3 cm³/mol. The quantitative estimate of drug-likeness (QED) is 0.540. The summed E-state index contributed by atoms with van der Waals surface area (Å²) < 4.78 is 0. The fourth-order valence-corrected chi connectivity index (χ4v) is 2.56. The number of urea groups is 1. The molecule has 0 spiro atoms. The summed E-state index contributed by atoms with van der Waals surface area (Å²) in [5.74, 6) is -1.57. The van der Waals surface area contributed by atoms with Gasteiger partial charge in [0.15, 0.2) is 0 Å². The van der Waals surface area contributed by atoms with Gasteiger partial charge in [0, 0.05) is 6.54 Å². The van der Waals surface area contributed by atoms with Crippen molar-refractivity contribution in [3.63, 3.8) is 0 Å². The van der Waals surface area contributed by atoms with Crippen molar-refractivity contribution in [1.29, 1.82) is 0 Å². The third-order valence-corrected chi connectivity index (χ3v) is 3.75. The summed E-state index contributed by atoms with van der Waals surface area (Å²) in [7, 11) is 0. The Labute approximate surface area is 125 Å². The molecule has 0 aromatic carbocycles. The number of nitrogens with one attached hydrogen (secondary N) is 2. The van der Waals surface area contributed by atoms with Crippen LogP contribution in [0.15, 0.2) is 0 Å². The number of aryl methyl sites for hydroxylation is 2. The van der Waals surface area contributed by atoms with Gasteiger partial charge in [-0.15, -0.1) is 11.3 Å². The molecule has 1 atom stereocenters. The number of primary amides is 1. The van der Waals surface area contributed by atoms with Crippen molar-refractivity contribution in [2.75, 3.05) is 6.54 Å². The van der Waals surface area contributed by atoms with Gasteiger partial charge in [0.25, 0.3) is 5.91 Å². The molecule has 1 rings (SSSR count). The fourth-order valence-electron chi connectivity index (χ4n) is 1.74. The van der Waals surface area contributed by atoms with Crippen molar-refractivity contribution < 1.29 is 19.5 Å². The average Bonchev–Trinajstić information content (AvgIpc) is 2.71. The van der Waals surface area contributed by atoms with E-state index in [0.717, 1.165) is 5.01 Å². The molecule has 0 saturated heterocycles. The highest BCUT2D eigenvalue weighted by atomic mass is 32.1. The number of rotatable bonds is 7. The Balaban J connectivity index is 2.58. The van der Waals surface area contributed by atoms with Crippen LogP contribution in [0.5, 0.6) is 0 Å². The highest BCUT2D eigenvalue weighted by Crippen LogP contribution is 2.17. The maximum absolute atomic E-state index is 12.0. The molecule has 0 aliphatic rings. The third-order valence-electron chi connectivity index (χ3n) is 2.68. The summed E-state index contributed by atoms with van der Waals surface area (Å²) in [6.45, 7) is 3.73. The first-order chi connectivity index (χ1) is 9.81. The maximum Gasteiger partial charge on any atom is 0.326 e. The fraction of sp³-hybridized carbons (Fsp3) is 0.500. The van der Waals surface area contributed by atoms with E-state index in [4.69, 9.17) is 10.8 Å². The molecule has 0 saturated carbocycles. The molecule has 8 nitrogen and oxygen atoms in total. The minimum absolute atomic E-state index is 0.193. The van der Waals surface area contributed by atoms with Crippen LogP contribution in [0.2, 0.25) is 0 Å². The Morgan fingerprint density at radius 3 is 2.52 bits per heavy atom. The Bertz CT molecular complexity index is 543. The molecule has 3 amide bonds. The lowest BCUT2D eigenvalue weighted by molar-refractivity contribution is -0.139. The second-order valence-electron chi connectivity index (χ2n) is 4.44. The summed E-state index contributed by atoms with van der Waals surface area (Å²) >= 11 is 1.22. The first-order valence-corrected chi connectivity index (χ1v) is 7.14. The van der Waals surface area contributed by atoms with E-state index in [1.807, 2.05) is 0 Å². The van der Waals surface area contributed by atoms with Crippen molar-refractivity contribution in [3.8, 4) is 0 Å². The van der Waals surface area contributed by atoms with Gasteiger partial charge in [-0.3, -0.25) is 4.79 Å². The van der Waals surface area contributed by atoms with Crippen LogP contribution in [-0.4, -0.2) is 40.6 Å². The lowest BCUT2D eigenvalue weighted by Crippen LogP contribution is -2.41. The van der Waals surface area contributed by atoms with Crippen LogP contribution in [0, 0.1) is 13.8 Å². The van der Waals surface area contributed by atoms with E-state index in [0.29, 0.717) is 17.0 Å². The predicted octanol–water partition coefficient (Wildman–Crippen LogP) is 0.391. The number of hydrogen-bond acceptors (Lipinski definition) is 5. The number of carboxylic acids is 1. The molecule has 21 heavy (non-hydrogen) atoms. The van der Waals surface area contributed by atoms with Crippen LogP contribution in [0.3, 0.4) is 0 Å². The summed E-state index contributed by atoms with van der Waals surface area (Å²) in [6, 6.07) is -1.68. The van der Waals surface area contributed by atoms with Gasteiger partial charge in [-0.2, -0.15) is 0 Å². The van der Waals surface area contributed by atoms with Crippen LogP contribution in [0.1, 0.15) is 33.2 Å². The Kier molecular flexibility index (Phi) is 6.10. The third kappa shape index (κ3) is 5.38. The number of aromatic nitrogens is 1. The number of thiazole rings is 1. The van der Waals surface area contributed by atoms with E-state index in [2.05, 4.69) is 15.6 Å². The van der Waals surface area contributed by atoms with Gasteiger partial charge in [0.1, 0.15) is 10.9 Å². The molecule has 0 aliphatic heterocycles. The molecule has 0 unspecified atom stereocenters. The maximum atomic E-state index is 12.0. The van der Waals surface area contributed by atoms with Gasteiger partial charge in [0.05, 0.1) is 10.7 Å². The highest BCUT2D eigenvalue weighted by molar-refractivity contribution is 7.13. The molecule has 1 heterocycles. The van der Waals surface area contributed by atoms with Crippen LogP contribution >= 0.6 is 11.3 Å². The minimum atomic E-state index is -1.12. The molecule has 0 bridgehead atoms. The second-order valence-corrected chi connectivity index (χ2v) is 5.65. The van der Waals surface area contributed by atoms with Gasteiger partial charge >= 0.3 is 12.0 Å². The number of hydrogen-bond donors (Lipinski definition) is 4. The summed E-state index contributed by atoms with van der Waals surface area (Å²) in [5, 5.41) is 14.7. The van der Waals surface area contributed by atoms with Gasteiger partial charge < -0.3 is 21.5 Å². The van der Waals surface area contributed by atoms with Crippen LogP contribution in [-0.2, 0) is 4.79 Å². The van der Waals surface area contributed by atoms with E-state index < -0.39 is 23.9 Å². The number of carboxylic acid groups (broad SMARTS) is 1. The standard InChI is InChI=1S/C12H18N4O4S/c1-6-9(21-7(2)15-6)10(17)16-8(11(18)19)4-3-5-14-12(13)20/h8H,3-5H2,1-2H3,(H,16,17)(H,18,19)(H3,13,14,20)/t8-/m0/s1. The van der Waals surface area contributed by atoms with E-state index >= 15 is 0 Å². The largest absolute Gasteiger partial charge is 0.480 e. The van der Waals surface area contributed by atoms with Gasteiger partial charge in [-0.1, -0.05) is 0 Å². The van der Waals surface area contributed by atoms with E-state index in [1.54, 1.807) is 13.8 Å². The van der Waals surface area contributed by atoms with Crippen LogP contribution in [0.4, 0.5) is 4.79 Å². The smallest absolute Gasteiger partial charge is 0.326 e. The molecule has 1 aromatic rings. The lowest BCUT2D eigenvalue weighted by atomic mass is 10.1. The topological polar surface area (TPSA) is 134 Å². The van der Waals surface area contributed by atoms with Crippen LogP contribution < -0.4 is 16.4 Å². The van der Waals surface area contributed by atoms with Crippen molar-refractivity contribution in [2.24, 2.45) is 5.73 Å². The molecular formula is C12H18N4O4S. The summed E-state index contributed by atoms with van der Waals surface area (Å²) in [5.41, 5.74) is 5.48. The number of aliphatic carboxylic acids is 1. The average molecular weight is 314 g/mol. The normalized spacial score (nSPS) is 11.7. The van der Waals surface area contributed by atoms with Crippen molar-refractivity contribution in [2.45, 2.75) is 32.7 Å². The SMILES string of the molecule is Cc1nc(C)c(C(=O)N[C@@H](CCCNC(N)=O)C(=O)O)s1. The number of nitrogens with two attached hydrogens (primary N) is 1. The number of carbonyl (C=O) groups excluding carboxylic acids is 2. The zero-order chi connectivity index (χ0) is 16.0. The Morgan fingerprint density at radius 2 is 2.05 bits per heavy atom. The Hall–Kier alpha value is -2.16. The summed E-state index contributed by atoms with van der Waals surface area (Å²) in [6.07, 6.45) is 0.582. The van der Waals surface area contributed by atoms with E-state index in [-0.39, 0.29) is 13.0 Å². The zero-order valence-electron chi connectivity index (χ0n) is 11.8. The lowest BCUT2D eigenvalue weighted by Gasteiger charge is -2.14. The number of carbonyl (C=O) groups is 3. The molecular weight excluding hydrogens is 296 g/mol. The highest BCUT2D eigenvalue weighted by Gasteiger charge is 2.22. The van der Waals surface area contributed by atoms with Crippen molar-refractivity contribution in [1.82, 2.24) is 15.6 Å². The first kappa shape index (κ1) is 16.9. The summed E-state index contributed by atoms with van der Waals surface area (Å²) in [4.78, 5) is 38.2. The van der Waals surface area contributed by atoms with Crippen LogP contribution in [0.25, 0.3) is 0 Å². The van der Waals surface area contributed by atoms with Gasteiger partial charge in [-0.25, -0.2) is 14.6 Å². The minimum Gasteiger partial charge on any atom is -0.480 e. The van der Waals surface area contributed by atoms with E-state index in [1.165, 1.54) is 11.3 Å². The second kappa shape index (κ2) is 7.58. The van der Waals surface area contributed by atoms with E-state index in [9.17, 15) is 14.4 Å². The Morgan fingerprint density at radius 1 is 1.38 bits per heavy atom. The molecule has 0 radical (unpaired) electrons. The van der Waals surface area contributed by atoms with Crippen molar-refractivity contribution in [3.05, 3.63) is 15.6 Å². The molecule has 116 valence electrons. The number of nitrogens with zero attached hydrogens (tertiary/aromatic N) is 1. The molecule has 0 fully saturated rings. The van der Waals surface area contributed by atoms with Crippen molar-refractivity contribution >= 4 is 29.2 Å². The zero-order valence-corrected chi connectivity index (χ0v) is 12.6. The van der Waals surface area contributed by atoms with Gasteiger partial charge in [0.2, 0.25) is 0 Å². The number of amides is 3. The molecule has 5 N–H and O–H groups in total. The van der Waals surface area contributed by atoms with Gasteiger partial charge in [-0.05, 0) is 26.7 Å². The molecule has 9 heteroatoms. The monoisotopic (exact) mass is 314 g/mol.